The summed E-state index contributed by atoms with van der Waals surface area (Å²) in [4.78, 5) is 15.5. The number of imidazole rings is 1. The molecule has 0 bridgehead atoms. The van der Waals surface area contributed by atoms with Crippen LogP contribution in [0, 0.1) is 0 Å². The van der Waals surface area contributed by atoms with Gasteiger partial charge in [0.15, 0.2) is 5.82 Å². The van der Waals surface area contributed by atoms with Crippen LogP contribution in [-0.4, -0.2) is 19.5 Å². The molecule has 0 aliphatic heterocycles. The molecule has 5 heteroatoms. The van der Waals surface area contributed by atoms with E-state index in [1.54, 1.807) is 0 Å². The first-order valence-corrected chi connectivity index (χ1v) is 14.6. The average Bonchev–Trinajstić information content (AvgIpc) is 3.68. The summed E-state index contributed by atoms with van der Waals surface area (Å²) >= 11 is 0. The van der Waals surface area contributed by atoms with Crippen molar-refractivity contribution in [3.8, 4) is 39.7 Å². The molecule has 9 rings (SSSR count). The van der Waals surface area contributed by atoms with Crippen molar-refractivity contribution < 1.29 is 4.42 Å². The molecule has 0 aliphatic carbocycles. The fourth-order valence-corrected chi connectivity index (χ4v) is 6.20. The van der Waals surface area contributed by atoms with Crippen LogP contribution in [-0.2, 0) is 0 Å². The minimum absolute atomic E-state index is 0.651. The zero-order valence-corrected chi connectivity index (χ0v) is 23.6. The van der Waals surface area contributed by atoms with Crippen LogP contribution in [0.15, 0.2) is 150 Å². The number of hydrogen-bond donors (Lipinski definition) is 0. The first kappa shape index (κ1) is 24.5. The van der Waals surface area contributed by atoms with E-state index in [0.29, 0.717) is 5.82 Å². The summed E-state index contributed by atoms with van der Waals surface area (Å²) in [6.07, 6.45) is 0. The first-order valence-electron chi connectivity index (χ1n) is 14.6. The van der Waals surface area contributed by atoms with Crippen molar-refractivity contribution in [2.75, 3.05) is 0 Å². The number of hydrogen-bond acceptors (Lipinski definition) is 4. The highest BCUT2D eigenvalue weighted by atomic mass is 16.3. The van der Waals surface area contributed by atoms with E-state index in [1.807, 2.05) is 54.6 Å². The maximum atomic E-state index is 6.24. The summed E-state index contributed by atoms with van der Waals surface area (Å²) < 4.78 is 8.46. The second-order valence-corrected chi connectivity index (χ2v) is 10.9. The molecular formula is C39H24N4O. The fourth-order valence-electron chi connectivity index (χ4n) is 6.20. The summed E-state index contributed by atoms with van der Waals surface area (Å²) in [5.41, 5.74) is 9.42. The summed E-state index contributed by atoms with van der Waals surface area (Å²) in [5.74, 6) is 1.52. The Hall–Kier alpha value is -6.07. The summed E-state index contributed by atoms with van der Waals surface area (Å²) in [7, 11) is 0. The van der Waals surface area contributed by atoms with Gasteiger partial charge in [0, 0.05) is 33.2 Å². The number of nitrogens with zero attached hydrogens (tertiary/aromatic N) is 4. The van der Waals surface area contributed by atoms with Gasteiger partial charge in [-0.25, -0.2) is 15.0 Å². The van der Waals surface area contributed by atoms with Gasteiger partial charge in [0.2, 0.25) is 0 Å². The van der Waals surface area contributed by atoms with Gasteiger partial charge in [-0.15, -0.1) is 0 Å². The minimum Gasteiger partial charge on any atom is -0.456 e. The smallest absolute Gasteiger partial charge is 0.160 e. The molecule has 0 fully saturated rings. The summed E-state index contributed by atoms with van der Waals surface area (Å²) in [6, 6.07) is 49.5. The lowest BCUT2D eigenvalue weighted by atomic mass is 10.0. The van der Waals surface area contributed by atoms with E-state index >= 15 is 0 Å². The molecule has 5 nitrogen and oxygen atoms in total. The number of benzene rings is 6. The standard InChI is InChI=1S/C39H24N4O/c1-3-12-25(13-4-1)36-30-22-23-34-35(29-18-7-10-21-33(29)44-34)37(30)42-38(41-36)26-14-11-15-27(24-26)39-40-31-19-8-9-20-32(31)43(39)28-16-5-2-6-17-28/h1-24H. The van der Waals surface area contributed by atoms with Crippen LogP contribution in [0.5, 0.6) is 0 Å². The van der Waals surface area contributed by atoms with E-state index in [4.69, 9.17) is 19.4 Å². The molecule has 0 unspecified atom stereocenters. The van der Waals surface area contributed by atoms with E-state index in [2.05, 4.69) is 95.6 Å². The second kappa shape index (κ2) is 9.75. The van der Waals surface area contributed by atoms with Gasteiger partial charge in [-0.1, -0.05) is 97.1 Å². The molecule has 0 saturated carbocycles. The lowest BCUT2D eigenvalue weighted by Gasteiger charge is -2.12. The van der Waals surface area contributed by atoms with Gasteiger partial charge in [0.25, 0.3) is 0 Å². The zero-order valence-electron chi connectivity index (χ0n) is 23.6. The van der Waals surface area contributed by atoms with Crippen molar-refractivity contribution in [1.29, 1.82) is 0 Å². The van der Waals surface area contributed by atoms with Crippen LogP contribution in [0.2, 0.25) is 0 Å². The molecular weight excluding hydrogens is 540 g/mol. The Morgan fingerprint density at radius 2 is 1.23 bits per heavy atom. The molecule has 206 valence electrons. The highest BCUT2D eigenvalue weighted by Gasteiger charge is 2.19. The molecule has 3 aromatic heterocycles. The van der Waals surface area contributed by atoms with Crippen molar-refractivity contribution in [3.63, 3.8) is 0 Å². The second-order valence-electron chi connectivity index (χ2n) is 10.9. The Bertz CT molecular complexity index is 2490. The van der Waals surface area contributed by atoms with Crippen LogP contribution in [0.4, 0.5) is 0 Å². The maximum absolute atomic E-state index is 6.24. The molecule has 0 amide bonds. The van der Waals surface area contributed by atoms with Crippen molar-refractivity contribution in [2.24, 2.45) is 0 Å². The zero-order chi connectivity index (χ0) is 29.0. The summed E-state index contributed by atoms with van der Waals surface area (Å²) in [5, 5.41) is 3.03. The molecule has 0 aliphatic rings. The van der Waals surface area contributed by atoms with Gasteiger partial charge >= 0.3 is 0 Å². The average molecular weight is 565 g/mol. The third-order valence-electron chi connectivity index (χ3n) is 8.21. The normalized spacial score (nSPS) is 11.6. The minimum atomic E-state index is 0.651. The molecule has 9 aromatic rings. The van der Waals surface area contributed by atoms with Crippen LogP contribution >= 0.6 is 0 Å². The molecule has 0 spiro atoms. The first-order chi connectivity index (χ1) is 21.8. The largest absolute Gasteiger partial charge is 0.456 e. The molecule has 0 atom stereocenters. The highest BCUT2D eigenvalue weighted by molar-refractivity contribution is 6.19. The van der Waals surface area contributed by atoms with Gasteiger partial charge in [0.1, 0.15) is 17.0 Å². The molecule has 0 N–H and O–H groups in total. The van der Waals surface area contributed by atoms with Crippen LogP contribution < -0.4 is 0 Å². The molecule has 0 saturated heterocycles. The lowest BCUT2D eigenvalue weighted by molar-refractivity contribution is 0.669. The number of furan rings is 1. The van der Waals surface area contributed by atoms with Crippen molar-refractivity contribution >= 4 is 43.9 Å². The highest BCUT2D eigenvalue weighted by Crippen LogP contribution is 2.38. The predicted molar refractivity (Wildman–Crippen MR) is 178 cm³/mol. The van der Waals surface area contributed by atoms with E-state index in [-0.39, 0.29) is 0 Å². The third kappa shape index (κ3) is 3.83. The van der Waals surface area contributed by atoms with Gasteiger partial charge in [-0.2, -0.15) is 0 Å². The maximum Gasteiger partial charge on any atom is 0.160 e. The van der Waals surface area contributed by atoms with Gasteiger partial charge < -0.3 is 4.42 Å². The van der Waals surface area contributed by atoms with E-state index in [9.17, 15) is 0 Å². The van der Waals surface area contributed by atoms with Gasteiger partial charge in [-0.05, 0) is 48.5 Å². The predicted octanol–water partition coefficient (Wildman–Crippen LogP) is 9.87. The van der Waals surface area contributed by atoms with Crippen molar-refractivity contribution in [2.45, 2.75) is 0 Å². The fraction of sp³-hybridized carbons (Fsp3) is 0. The Labute approximate surface area is 252 Å². The summed E-state index contributed by atoms with van der Waals surface area (Å²) in [6.45, 7) is 0. The molecule has 3 heterocycles. The molecule has 6 aromatic carbocycles. The van der Waals surface area contributed by atoms with Crippen molar-refractivity contribution in [3.05, 3.63) is 146 Å². The van der Waals surface area contributed by atoms with Gasteiger partial charge in [0.05, 0.1) is 27.6 Å². The Balaban J connectivity index is 1.31. The Morgan fingerprint density at radius 1 is 0.500 bits per heavy atom. The quantitative estimate of drug-likeness (QED) is 0.213. The monoisotopic (exact) mass is 564 g/mol. The number of rotatable bonds is 4. The van der Waals surface area contributed by atoms with Crippen LogP contribution in [0.1, 0.15) is 0 Å². The van der Waals surface area contributed by atoms with Gasteiger partial charge in [-0.3, -0.25) is 4.57 Å². The van der Waals surface area contributed by atoms with Crippen LogP contribution in [0.25, 0.3) is 83.6 Å². The Morgan fingerprint density at radius 3 is 2.11 bits per heavy atom. The molecule has 0 radical (unpaired) electrons. The third-order valence-corrected chi connectivity index (χ3v) is 8.21. The van der Waals surface area contributed by atoms with E-state index < -0.39 is 0 Å². The number of fused-ring (bicyclic) bond motifs is 6. The topological polar surface area (TPSA) is 56.7 Å². The molecule has 44 heavy (non-hydrogen) atoms. The number of aromatic nitrogens is 4. The SMILES string of the molecule is c1ccc(-c2nc(-c3cccc(-c4nc5ccccc5n4-c4ccccc4)c3)nc3c2ccc2oc4ccccc4c23)cc1. The number of para-hydroxylation sites is 4. The lowest BCUT2D eigenvalue weighted by Crippen LogP contribution is -1.98. The van der Waals surface area contributed by atoms with E-state index in [0.717, 1.165) is 77.8 Å². The van der Waals surface area contributed by atoms with Crippen molar-refractivity contribution in [1.82, 2.24) is 19.5 Å². The van der Waals surface area contributed by atoms with Crippen LogP contribution in [0.3, 0.4) is 0 Å². The Kier molecular flexibility index (Phi) is 5.43. The van der Waals surface area contributed by atoms with E-state index in [1.165, 1.54) is 0 Å².